The van der Waals surface area contributed by atoms with Crippen LogP contribution >= 0.6 is 0 Å². The zero-order valence-electron chi connectivity index (χ0n) is 13.0. The van der Waals surface area contributed by atoms with Crippen molar-refractivity contribution < 1.29 is 22.3 Å². The van der Waals surface area contributed by atoms with Gasteiger partial charge in [0.15, 0.2) is 5.82 Å². The summed E-state index contributed by atoms with van der Waals surface area (Å²) in [7, 11) is -3.37. The van der Waals surface area contributed by atoms with Gasteiger partial charge in [0.25, 0.3) is 5.88 Å². The summed E-state index contributed by atoms with van der Waals surface area (Å²) in [6.45, 7) is 2.48. The largest absolute Gasteiger partial charge is 0.468 e. The molecule has 2 aliphatic rings. The molecule has 2 fully saturated rings. The number of sulfonamides is 1. The molecule has 0 spiro atoms. The van der Waals surface area contributed by atoms with E-state index >= 15 is 0 Å². The van der Waals surface area contributed by atoms with Crippen LogP contribution in [0.25, 0.3) is 0 Å². The molecule has 2 heterocycles. The molecule has 128 valence electrons. The van der Waals surface area contributed by atoms with E-state index in [1.807, 2.05) is 6.92 Å². The van der Waals surface area contributed by atoms with Gasteiger partial charge < -0.3 is 9.47 Å². The van der Waals surface area contributed by atoms with Crippen molar-refractivity contribution >= 4 is 10.0 Å². The van der Waals surface area contributed by atoms with Crippen molar-refractivity contribution in [2.45, 2.75) is 44.4 Å². The molecule has 1 saturated heterocycles. The SMILES string of the molecule is CCCS(=O)(=O)N1CCO[C@H]2CC[C@H]1[C@@H]2Oc1ncccc1F. The third-order valence-corrected chi connectivity index (χ3v) is 6.39. The van der Waals surface area contributed by atoms with E-state index in [4.69, 9.17) is 9.47 Å². The second kappa shape index (κ2) is 6.70. The number of nitrogens with zero attached hydrogens (tertiary/aromatic N) is 2. The van der Waals surface area contributed by atoms with Gasteiger partial charge in [-0.3, -0.25) is 0 Å². The number of pyridine rings is 1. The second-order valence-electron chi connectivity index (χ2n) is 5.85. The van der Waals surface area contributed by atoms with Crippen LogP contribution in [0.5, 0.6) is 5.88 Å². The van der Waals surface area contributed by atoms with E-state index < -0.39 is 21.9 Å². The minimum atomic E-state index is -3.37. The summed E-state index contributed by atoms with van der Waals surface area (Å²) in [5.74, 6) is -0.564. The van der Waals surface area contributed by atoms with Gasteiger partial charge in [-0.1, -0.05) is 6.92 Å². The van der Waals surface area contributed by atoms with Crippen LogP contribution in [0.1, 0.15) is 26.2 Å². The summed E-state index contributed by atoms with van der Waals surface area (Å²) >= 11 is 0. The Labute approximate surface area is 135 Å². The first-order chi connectivity index (χ1) is 11.0. The van der Waals surface area contributed by atoms with Crippen molar-refractivity contribution in [1.29, 1.82) is 0 Å². The van der Waals surface area contributed by atoms with Crippen LogP contribution < -0.4 is 4.74 Å². The average molecular weight is 344 g/mol. The molecule has 1 aliphatic heterocycles. The van der Waals surface area contributed by atoms with Gasteiger partial charge in [0.2, 0.25) is 10.0 Å². The number of ether oxygens (including phenoxy) is 2. The Balaban J connectivity index is 1.86. The molecule has 3 rings (SSSR count). The molecule has 0 amide bonds. The Kier molecular flexibility index (Phi) is 4.84. The molecule has 3 atom stereocenters. The van der Waals surface area contributed by atoms with Crippen LogP contribution in [-0.2, 0) is 14.8 Å². The van der Waals surface area contributed by atoms with E-state index in [1.54, 1.807) is 0 Å². The van der Waals surface area contributed by atoms with E-state index in [0.717, 1.165) is 0 Å². The molecule has 1 aromatic rings. The Morgan fingerprint density at radius 2 is 2.30 bits per heavy atom. The number of halogens is 1. The monoisotopic (exact) mass is 344 g/mol. The first-order valence-electron chi connectivity index (χ1n) is 7.91. The highest BCUT2D eigenvalue weighted by atomic mass is 32.2. The number of aromatic nitrogens is 1. The highest BCUT2D eigenvalue weighted by molar-refractivity contribution is 7.89. The summed E-state index contributed by atoms with van der Waals surface area (Å²) in [6.07, 6.45) is 2.57. The van der Waals surface area contributed by atoms with E-state index in [-0.39, 0.29) is 23.8 Å². The normalized spacial score (nSPS) is 28.5. The second-order valence-corrected chi connectivity index (χ2v) is 7.89. The smallest absolute Gasteiger partial charge is 0.250 e. The number of hydrogen-bond donors (Lipinski definition) is 0. The van der Waals surface area contributed by atoms with Gasteiger partial charge in [-0.15, -0.1) is 0 Å². The lowest BCUT2D eigenvalue weighted by atomic mass is 10.2. The summed E-state index contributed by atoms with van der Waals surface area (Å²) in [5.41, 5.74) is 0. The third kappa shape index (κ3) is 3.34. The summed E-state index contributed by atoms with van der Waals surface area (Å²) in [6, 6.07) is 2.42. The molecule has 2 bridgehead atoms. The molecule has 23 heavy (non-hydrogen) atoms. The van der Waals surface area contributed by atoms with Crippen molar-refractivity contribution in [2.24, 2.45) is 0 Å². The Morgan fingerprint density at radius 3 is 3.04 bits per heavy atom. The molecule has 0 N–H and O–H groups in total. The van der Waals surface area contributed by atoms with Gasteiger partial charge in [0.1, 0.15) is 6.10 Å². The molecule has 6 nitrogen and oxygen atoms in total. The molecule has 0 unspecified atom stereocenters. The van der Waals surface area contributed by atoms with Gasteiger partial charge in [-0.2, -0.15) is 4.31 Å². The zero-order chi connectivity index (χ0) is 16.4. The van der Waals surface area contributed by atoms with Crippen molar-refractivity contribution in [2.75, 3.05) is 18.9 Å². The summed E-state index contributed by atoms with van der Waals surface area (Å²) in [4.78, 5) is 3.90. The lowest BCUT2D eigenvalue weighted by molar-refractivity contribution is 0.000677. The Morgan fingerprint density at radius 1 is 1.48 bits per heavy atom. The van der Waals surface area contributed by atoms with E-state index in [9.17, 15) is 12.8 Å². The fourth-order valence-electron chi connectivity index (χ4n) is 3.32. The molecular weight excluding hydrogens is 323 g/mol. The zero-order valence-corrected chi connectivity index (χ0v) is 13.8. The molecule has 1 saturated carbocycles. The summed E-state index contributed by atoms with van der Waals surface area (Å²) < 4.78 is 51.8. The Bertz CT molecular complexity index is 655. The quantitative estimate of drug-likeness (QED) is 0.811. The van der Waals surface area contributed by atoms with Crippen molar-refractivity contribution in [3.05, 3.63) is 24.1 Å². The number of fused-ring (bicyclic) bond motifs is 2. The van der Waals surface area contributed by atoms with Gasteiger partial charge in [-0.05, 0) is 31.4 Å². The maximum atomic E-state index is 13.8. The van der Waals surface area contributed by atoms with Crippen LogP contribution in [0.4, 0.5) is 4.39 Å². The highest BCUT2D eigenvalue weighted by Gasteiger charge is 2.47. The first kappa shape index (κ1) is 16.6. The van der Waals surface area contributed by atoms with E-state index in [0.29, 0.717) is 32.4 Å². The fourth-order valence-corrected chi connectivity index (χ4v) is 5.06. The molecule has 0 radical (unpaired) electrons. The highest BCUT2D eigenvalue weighted by Crippen LogP contribution is 2.34. The first-order valence-corrected chi connectivity index (χ1v) is 9.52. The number of hydrogen-bond acceptors (Lipinski definition) is 5. The predicted molar refractivity (Wildman–Crippen MR) is 82.2 cm³/mol. The maximum absolute atomic E-state index is 13.8. The standard InChI is InChI=1S/C15H21FN2O4S/c1-2-10-23(19,20)18-8-9-21-13-6-5-12(18)14(13)22-15-11(16)4-3-7-17-15/h3-4,7,12-14H,2,5-6,8-10H2,1H3/t12-,13-,14-/m0/s1. The summed E-state index contributed by atoms with van der Waals surface area (Å²) in [5, 5.41) is 0. The van der Waals surface area contributed by atoms with Gasteiger partial charge in [0.05, 0.1) is 24.5 Å². The van der Waals surface area contributed by atoms with Crippen LogP contribution in [0.15, 0.2) is 18.3 Å². The number of rotatable bonds is 5. The lowest BCUT2D eigenvalue weighted by Gasteiger charge is -2.30. The average Bonchev–Trinajstić information content (AvgIpc) is 2.76. The fraction of sp³-hybridized carbons (Fsp3) is 0.667. The van der Waals surface area contributed by atoms with Crippen LogP contribution in [0, 0.1) is 5.82 Å². The molecule has 1 aromatic heterocycles. The maximum Gasteiger partial charge on any atom is 0.250 e. The van der Waals surface area contributed by atoms with Gasteiger partial charge >= 0.3 is 0 Å². The van der Waals surface area contributed by atoms with E-state index in [2.05, 4.69) is 4.98 Å². The van der Waals surface area contributed by atoms with Crippen molar-refractivity contribution in [3.8, 4) is 5.88 Å². The molecular formula is C15H21FN2O4S. The topological polar surface area (TPSA) is 68.7 Å². The Hall–Kier alpha value is -1.25. The molecule has 8 heteroatoms. The minimum Gasteiger partial charge on any atom is -0.468 e. The lowest BCUT2D eigenvalue weighted by Crippen LogP contribution is -2.48. The molecule has 1 aliphatic carbocycles. The van der Waals surface area contributed by atoms with Gasteiger partial charge in [-0.25, -0.2) is 17.8 Å². The van der Waals surface area contributed by atoms with Crippen LogP contribution in [0.2, 0.25) is 0 Å². The van der Waals surface area contributed by atoms with E-state index in [1.165, 1.54) is 22.6 Å². The van der Waals surface area contributed by atoms with Crippen LogP contribution in [0.3, 0.4) is 0 Å². The van der Waals surface area contributed by atoms with Gasteiger partial charge in [0, 0.05) is 12.7 Å². The van der Waals surface area contributed by atoms with Crippen molar-refractivity contribution in [3.63, 3.8) is 0 Å². The van der Waals surface area contributed by atoms with Crippen LogP contribution in [-0.4, -0.2) is 54.9 Å². The van der Waals surface area contributed by atoms with Crippen molar-refractivity contribution in [1.82, 2.24) is 9.29 Å². The predicted octanol–water partition coefficient (Wildman–Crippen LogP) is 1.57. The third-order valence-electron chi connectivity index (χ3n) is 4.30. The molecule has 0 aromatic carbocycles. The minimum absolute atomic E-state index is 0.0961.